The van der Waals surface area contributed by atoms with E-state index in [1.54, 1.807) is 12.2 Å². The summed E-state index contributed by atoms with van der Waals surface area (Å²) in [5.74, 6) is -1.55. The molecule has 0 radical (unpaired) electrons. The van der Waals surface area contributed by atoms with Gasteiger partial charge < -0.3 is 10.4 Å². The number of allylic oxidation sites excluding steroid dienone is 2. The number of carbonyl (C=O) groups is 3. The van der Waals surface area contributed by atoms with Crippen LogP contribution in [0.2, 0.25) is 0 Å². The lowest BCUT2D eigenvalue weighted by molar-refractivity contribution is -0.122. The molecule has 1 heterocycles. The number of benzene rings is 2. The minimum atomic E-state index is -1.03. The Morgan fingerprint density at radius 1 is 1.10 bits per heavy atom. The summed E-state index contributed by atoms with van der Waals surface area (Å²) in [6.45, 7) is 0.170. The number of thiocarbonyl (C=S) groups is 1. The van der Waals surface area contributed by atoms with E-state index in [-0.39, 0.29) is 30.3 Å². The van der Waals surface area contributed by atoms with Crippen LogP contribution < -0.4 is 5.32 Å². The standard InChI is InChI=1S/C22H18N2O4S2/c25-19(23-17-11-9-16(10-12-17)21(27)28)13-14-24-20(26)18(30-22(24)29)8-4-7-15-5-2-1-3-6-15/h1-12H,13-14H2,(H,23,25)(H,27,28)/b7-4+,18-8-. The molecule has 0 saturated carbocycles. The van der Waals surface area contributed by atoms with Gasteiger partial charge in [0.15, 0.2) is 0 Å². The summed E-state index contributed by atoms with van der Waals surface area (Å²) in [6.07, 6.45) is 5.49. The van der Waals surface area contributed by atoms with Crippen LogP contribution in [-0.2, 0) is 9.59 Å². The number of nitrogens with one attached hydrogen (secondary N) is 1. The van der Waals surface area contributed by atoms with Crippen LogP contribution in [0.4, 0.5) is 5.69 Å². The average Bonchev–Trinajstić information content (AvgIpc) is 3.00. The minimum absolute atomic E-state index is 0.0697. The van der Waals surface area contributed by atoms with E-state index in [0.29, 0.717) is 14.9 Å². The highest BCUT2D eigenvalue weighted by Crippen LogP contribution is 2.31. The number of amides is 2. The molecule has 8 heteroatoms. The third-order valence-electron chi connectivity index (χ3n) is 4.19. The van der Waals surface area contributed by atoms with Crippen molar-refractivity contribution in [3.05, 3.63) is 82.8 Å². The third-order valence-corrected chi connectivity index (χ3v) is 5.58. The van der Waals surface area contributed by atoms with Crippen LogP contribution in [0.5, 0.6) is 0 Å². The number of carboxylic acid groups (broad SMARTS) is 1. The maximum Gasteiger partial charge on any atom is 0.335 e. The highest BCUT2D eigenvalue weighted by molar-refractivity contribution is 8.26. The Labute approximate surface area is 183 Å². The molecule has 1 saturated heterocycles. The first-order valence-electron chi connectivity index (χ1n) is 9.04. The van der Waals surface area contributed by atoms with Crippen molar-refractivity contribution in [2.45, 2.75) is 6.42 Å². The van der Waals surface area contributed by atoms with Gasteiger partial charge in [0.05, 0.1) is 10.5 Å². The molecule has 0 aromatic heterocycles. The summed E-state index contributed by atoms with van der Waals surface area (Å²) < 4.78 is 0.415. The van der Waals surface area contributed by atoms with E-state index >= 15 is 0 Å². The molecule has 1 fully saturated rings. The van der Waals surface area contributed by atoms with Crippen LogP contribution in [0.15, 0.2) is 71.7 Å². The molecule has 152 valence electrons. The lowest BCUT2D eigenvalue weighted by Gasteiger charge is -2.14. The molecule has 0 aliphatic carbocycles. The Morgan fingerprint density at radius 3 is 2.47 bits per heavy atom. The van der Waals surface area contributed by atoms with Crippen LogP contribution >= 0.6 is 24.0 Å². The Hall–Kier alpha value is -3.23. The summed E-state index contributed by atoms with van der Waals surface area (Å²) >= 11 is 6.48. The number of rotatable bonds is 7. The number of carbonyl (C=O) groups excluding carboxylic acids is 2. The quantitative estimate of drug-likeness (QED) is 0.498. The number of thioether (sulfide) groups is 1. The molecule has 1 aliphatic heterocycles. The van der Waals surface area contributed by atoms with E-state index in [1.807, 2.05) is 36.4 Å². The molecule has 0 spiro atoms. The van der Waals surface area contributed by atoms with E-state index in [0.717, 1.165) is 5.56 Å². The zero-order valence-electron chi connectivity index (χ0n) is 15.8. The van der Waals surface area contributed by atoms with Crippen molar-refractivity contribution in [2.75, 3.05) is 11.9 Å². The van der Waals surface area contributed by atoms with Gasteiger partial charge in [-0.3, -0.25) is 14.5 Å². The van der Waals surface area contributed by atoms with E-state index in [1.165, 1.54) is 40.9 Å². The normalized spacial score (nSPS) is 15.2. The van der Waals surface area contributed by atoms with Gasteiger partial charge in [-0.25, -0.2) is 4.79 Å². The highest BCUT2D eigenvalue weighted by Gasteiger charge is 2.31. The molecule has 2 aromatic rings. The number of nitrogens with zero attached hydrogens (tertiary/aromatic N) is 1. The van der Waals surface area contributed by atoms with Crippen molar-refractivity contribution >= 4 is 57.8 Å². The first kappa shape index (κ1) is 21.5. The second-order valence-corrected chi connectivity index (χ2v) is 7.98. The summed E-state index contributed by atoms with van der Waals surface area (Å²) in [5.41, 5.74) is 1.65. The van der Waals surface area contributed by atoms with E-state index in [2.05, 4.69) is 5.32 Å². The summed E-state index contributed by atoms with van der Waals surface area (Å²) in [7, 11) is 0. The van der Waals surface area contributed by atoms with Gasteiger partial charge in [-0.1, -0.05) is 66.5 Å². The first-order chi connectivity index (χ1) is 14.4. The molecule has 2 N–H and O–H groups in total. The summed E-state index contributed by atoms with van der Waals surface area (Å²) in [5, 5.41) is 11.6. The second-order valence-electron chi connectivity index (χ2n) is 6.31. The Morgan fingerprint density at radius 2 is 1.80 bits per heavy atom. The van der Waals surface area contributed by atoms with Crippen molar-refractivity contribution in [3.63, 3.8) is 0 Å². The van der Waals surface area contributed by atoms with Gasteiger partial charge in [-0.2, -0.15) is 0 Å². The molecule has 6 nitrogen and oxygen atoms in total. The second kappa shape index (κ2) is 10.00. The van der Waals surface area contributed by atoms with Gasteiger partial charge >= 0.3 is 5.97 Å². The monoisotopic (exact) mass is 438 g/mol. The molecule has 0 atom stereocenters. The van der Waals surface area contributed by atoms with Crippen molar-refractivity contribution in [1.29, 1.82) is 0 Å². The number of hydrogen-bond acceptors (Lipinski definition) is 5. The molecule has 0 unspecified atom stereocenters. The zero-order valence-corrected chi connectivity index (χ0v) is 17.4. The fourth-order valence-corrected chi connectivity index (χ4v) is 3.91. The zero-order chi connectivity index (χ0) is 21.5. The molecule has 0 bridgehead atoms. The van der Waals surface area contributed by atoms with E-state index in [4.69, 9.17) is 17.3 Å². The topological polar surface area (TPSA) is 86.7 Å². The predicted molar refractivity (Wildman–Crippen MR) is 122 cm³/mol. The van der Waals surface area contributed by atoms with Crippen molar-refractivity contribution in [2.24, 2.45) is 0 Å². The Balaban J connectivity index is 1.53. The van der Waals surface area contributed by atoms with Crippen LogP contribution in [-0.4, -0.2) is 38.7 Å². The maximum atomic E-state index is 12.6. The summed E-state index contributed by atoms with van der Waals surface area (Å²) in [4.78, 5) is 37.5. The number of aromatic carboxylic acids is 1. The SMILES string of the molecule is O=C(CCN1C(=O)/C(=C/C=C/c2ccccc2)SC1=S)Nc1ccc(C(=O)O)cc1. The third kappa shape index (κ3) is 5.65. The lowest BCUT2D eigenvalue weighted by atomic mass is 10.2. The van der Waals surface area contributed by atoms with Gasteiger partial charge in [0.1, 0.15) is 4.32 Å². The highest BCUT2D eigenvalue weighted by atomic mass is 32.2. The predicted octanol–water partition coefficient (Wildman–Crippen LogP) is 4.17. The largest absolute Gasteiger partial charge is 0.478 e. The van der Waals surface area contributed by atoms with Crippen LogP contribution in [0, 0.1) is 0 Å². The number of carboxylic acids is 1. The molecule has 1 aliphatic rings. The fourth-order valence-electron chi connectivity index (χ4n) is 2.65. The lowest BCUT2D eigenvalue weighted by Crippen LogP contribution is -2.31. The molecular formula is C22H18N2O4S2. The van der Waals surface area contributed by atoms with E-state index in [9.17, 15) is 14.4 Å². The first-order valence-corrected chi connectivity index (χ1v) is 10.3. The molecule has 2 aromatic carbocycles. The maximum absolute atomic E-state index is 12.6. The van der Waals surface area contributed by atoms with Gasteiger partial charge in [-0.05, 0) is 35.9 Å². The van der Waals surface area contributed by atoms with Crippen molar-refractivity contribution < 1.29 is 19.5 Å². The van der Waals surface area contributed by atoms with Crippen LogP contribution in [0.25, 0.3) is 6.08 Å². The van der Waals surface area contributed by atoms with Crippen molar-refractivity contribution in [3.8, 4) is 0 Å². The number of hydrogen-bond donors (Lipinski definition) is 2. The van der Waals surface area contributed by atoms with Gasteiger partial charge in [-0.15, -0.1) is 0 Å². The van der Waals surface area contributed by atoms with Gasteiger partial charge in [0, 0.05) is 18.7 Å². The summed E-state index contributed by atoms with van der Waals surface area (Å²) in [6, 6.07) is 15.6. The smallest absolute Gasteiger partial charge is 0.335 e. The van der Waals surface area contributed by atoms with Crippen LogP contribution in [0.3, 0.4) is 0 Å². The van der Waals surface area contributed by atoms with Crippen molar-refractivity contribution in [1.82, 2.24) is 4.90 Å². The van der Waals surface area contributed by atoms with Crippen LogP contribution in [0.1, 0.15) is 22.3 Å². The number of anilines is 1. The Kier molecular flexibility index (Phi) is 7.16. The molecule has 3 rings (SSSR count). The average molecular weight is 439 g/mol. The Bertz CT molecular complexity index is 1030. The molecule has 2 amide bonds. The van der Waals surface area contributed by atoms with Gasteiger partial charge in [0.2, 0.25) is 5.91 Å². The fraction of sp³-hybridized carbons (Fsp3) is 0.0909. The van der Waals surface area contributed by atoms with E-state index < -0.39 is 5.97 Å². The van der Waals surface area contributed by atoms with Gasteiger partial charge in [0.25, 0.3) is 5.91 Å². The minimum Gasteiger partial charge on any atom is -0.478 e. The molecular weight excluding hydrogens is 420 g/mol. The molecule has 30 heavy (non-hydrogen) atoms.